The van der Waals surface area contributed by atoms with Crippen LogP contribution in [0.4, 0.5) is 0 Å². The molecule has 0 saturated carbocycles. The molecule has 0 heterocycles. The summed E-state index contributed by atoms with van der Waals surface area (Å²) in [7, 11) is 0. The van der Waals surface area contributed by atoms with Crippen molar-refractivity contribution in [3.05, 3.63) is 168 Å². The molecule has 0 amide bonds. The first-order valence-electron chi connectivity index (χ1n) is 15.3. The molecule has 0 fully saturated rings. The fraction of sp³-hybridized carbons (Fsp3) is 0.0732. The number of hydrogen-bond donors (Lipinski definition) is 3. The van der Waals surface area contributed by atoms with E-state index in [1.54, 1.807) is 0 Å². The van der Waals surface area contributed by atoms with E-state index in [2.05, 4.69) is 144 Å². The lowest BCUT2D eigenvalue weighted by Crippen LogP contribution is -2.40. The minimum atomic E-state index is -0.355. The van der Waals surface area contributed by atoms with E-state index in [1.165, 1.54) is 65.0 Å². The first kappa shape index (κ1) is 26.6. The van der Waals surface area contributed by atoms with Crippen LogP contribution in [-0.4, -0.2) is 0 Å². The van der Waals surface area contributed by atoms with E-state index in [-0.39, 0.29) is 12.3 Å². The normalized spacial score (nSPS) is 13.2. The molecule has 4 N–H and O–H groups in total. The van der Waals surface area contributed by atoms with Crippen molar-refractivity contribution >= 4 is 53.9 Å². The summed E-state index contributed by atoms with van der Waals surface area (Å²) in [5.41, 5.74) is 10.4. The van der Waals surface area contributed by atoms with Gasteiger partial charge in [0.15, 0.2) is 0 Å². The Kier molecular flexibility index (Phi) is 6.77. The van der Waals surface area contributed by atoms with Crippen LogP contribution in [0.5, 0.6) is 0 Å². The van der Waals surface area contributed by atoms with Crippen LogP contribution >= 0.6 is 0 Å². The van der Waals surface area contributed by atoms with Gasteiger partial charge in [-0.25, -0.2) is 0 Å². The molecule has 3 heteroatoms. The second-order valence-electron chi connectivity index (χ2n) is 11.6. The monoisotopic (exact) mass is 567 g/mol. The summed E-state index contributed by atoms with van der Waals surface area (Å²) in [6.07, 6.45) is -0.568. The molecule has 0 aliphatic rings. The predicted molar refractivity (Wildman–Crippen MR) is 187 cm³/mol. The van der Waals surface area contributed by atoms with Gasteiger partial charge in [-0.3, -0.25) is 10.6 Å². The third kappa shape index (κ3) is 4.68. The summed E-state index contributed by atoms with van der Waals surface area (Å²) in [4.78, 5) is 0. The topological polar surface area (TPSA) is 50.1 Å². The number of benzene rings is 8. The maximum absolute atomic E-state index is 6.85. The molecular formula is C41H33N3. The summed E-state index contributed by atoms with van der Waals surface area (Å²) in [5.74, 6) is 0. The molecule has 0 radical (unpaired) electrons. The molecule has 2 atom stereocenters. The molecule has 0 saturated heterocycles. The van der Waals surface area contributed by atoms with Gasteiger partial charge >= 0.3 is 0 Å². The smallest absolute Gasteiger partial charge is 0.0858 e. The second kappa shape index (κ2) is 11.2. The highest BCUT2D eigenvalue weighted by Gasteiger charge is 2.20. The standard InChI is InChI=1S/C41H33N3/c42-40(28-13-2-1-3-14-28)44-41(38-25-30-16-5-8-18-32(30)34-20-10-11-21-35(34)38)43-26-39-33-19-9-6-15-29(33)24-37-31-17-7-4-12-27(31)22-23-36(37)39/h1-25,40-41,43-44H,26,42H2. The Hall–Kier alpha value is -5.06. The predicted octanol–water partition coefficient (Wildman–Crippen LogP) is 9.49. The van der Waals surface area contributed by atoms with Crippen LogP contribution in [0.2, 0.25) is 0 Å². The largest absolute Gasteiger partial charge is 0.312 e. The molecule has 8 aromatic rings. The van der Waals surface area contributed by atoms with E-state index in [9.17, 15) is 0 Å². The van der Waals surface area contributed by atoms with Crippen LogP contribution in [-0.2, 0) is 6.54 Å². The fourth-order valence-electron chi connectivity index (χ4n) is 6.82. The minimum Gasteiger partial charge on any atom is -0.312 e. The van der Waals surface area contributed by atoms with Crippen LogP contribution in [0, 0.1) is 0 Å². The van der Waals surface area contributed by atoms with Crippen molar-refractivity contribution in [1.29, 1.82) is 0 Å². The Balaban J connectivity index is 1.29. The maximum Gasteiger partial charge on any atom is 0.0858 e. The number of rotatable bonds is 7. The van der Waals surface area contributed by atoms with Gasteiger partial charge in [0.1, 0.15) is 0 Å². The Morgan fingerprint density at radius 1 is 0.455 bits per heavy atom. The van der Waals surface area contributed by atoms with Gasteiger partial charge in [-0.2, -0.15) is 0 Å². The molecular weight excluding hydrogens is 534 g/mol. The third-order valence-corrected chi connectivity index (χ3v) is 8.98. The molecule has 0 aliphatic carbocycles. The number of nitrogens with one attached hydrogen (secondary N) is 2. The Morgan fingerprint density at radius 2 is 1.02 bits per heavy atom. The molecule has 0 aliphatic heterocycles. The van der Waals surface area contributed by atoms with Crippen molar-refractivity contribution in [2.24, 2.45) is 5.73 Å². The minimum absolute atomic E-state index is 0.214. The fourth-order valence-corrected chi connectivity index (χ4v) is 6.82. The molecule has 8 rings (SSSR count). The van der Waals surface area contributed by atoms with Gasteiger partial charge in [0, 0.05) is 6.54 Å². The van der Waals surface area contributed by atoms with E-state index in [4.69, 9.17) is 5.73 Å². The van der Waals surface area contributed by atoms with Crippen molar-refractivity contribution in [3.8, 4) is 0 Å². The summed E-state index contributed by atoms with van der Waals surface area (Å²) >= 11 is 0. The molecule has 2 unspecified atom stereocenters. The highest BCUT2D eigenvalue weighted by Crippen LogP contribution is 2.35. The molecule has 0 bridgehead atoms. The van der Waals surface area contributed by atoms with E-state index >= 15 is 0 Å². The summed E-state index contributed by atoms with van der Waals surface area (Å²) in [6, 6.07) is 54.1. The lowest BCUT2D eigenvalue weighted by molar-refractivity contribution is 0.389. The number of hydrogen-bond acceptors (Lipinski definition) is 3. The van der Waals surface area contributed by atoms with Crippen LogP contribution in [0.15, 0.2) is 152 Å². The van der Waals surface area contributed by atoms with Gasteiger partial charge in [-0.05, 0) is 82.7 Å². The van der Waals surface area contributed by atoms with E-state index in [0.717, 1.165) is 5.56 Å². The average Bonchev–Trinajstić information content (AvgIpc) is 3.09. The van der Waals surface area contributed by atoms with Crippen molar-refractivity contribution in [3.63, 3.8) is 0 Å². The highest BCUT2D eigenvalue weighted by molar-refractivity contribution is 6.14. The molecule has 0 aromatic heterocycles. The molecule has 212 valence electrons. The zero-order valence-electron chi connectivity index (χ0n) is 24.4. The van der Waals surface area contributed by atoms with Crippen LogP contribution < -0.4 is 16.4 Å². The first-order chi connectivity index (χ1) is 21.7. The zero-order chi connectivity index (χ0) is 29.5. The van der Waals surface area contributed by atoms with Crippen molar-refractivity contribution < 1.29 is 0 Å². The summed E-state index contributed by atoms with van der Waals surface area (Å²) in [5, 5.41) is 20.2. The Morgan fingerprint density at radius 3 is 1.77 bits per heavy atom. The first-order valence-corrected chi connectivity index (χ1v) is 15.3. The van der Waals surface area contributed by atoms with Gasteiger partial charge < -0.3 is 5.73 Å². The van der Waals surface area contributed by atoms with Crippen molar-refractivity contribution in [1.82, 2.24) is 10.6 Å². The molecule has 44 heavy (non-hydrogen) atoms. The quantitative estimate of drug-likeness (QED) is 0.102. The molecule has 0 spiro atoms. The highest BCUT2D eigenvalue weighted by atomic mass is 15.2. The van der Waals surface area contributed by atoms with Crippen LogP contribution in [0.1, 0.15) is 29.0 Å². The van der Waals surface area contributed by atoms with Crippen molar-refractivity contribution in [2.45, 2.75) is 18.9 Å². The lowest BCUT2D eigenvalue weighted by Gasteiger charge is -2.27. The van der Waals surface area contributed by atoms with E-state index < -0.39 is 0 Å². The SMILES string of the molecule is NC(NC(NCc1c2ccccc2cc2c1ccc1ccccc12)c1cc2ccccc2c2ccccc12)c1ccccc1. The van der Waals surface area contributed by atoms with Crippen molar-refractivity contribution in [2.75, 3.05) is 0 Å². The molecule has 3 nitrogen and oxygen atoms in total. The third-order valence-electron chi connectivity index (χ3n) is 8.98. The van der Waals surface area contributed by atoms with Crippen LogP contribution in [0.25, 0.3) is 53.9 Å². The lowest BCUT2D eigenvalue weighted by atomic mass is 9.92. The Labute approximate surface area is 256 Å². The van der Waals surface area contributed by atoms with Gasteiger partial charge in [0.05, 0.1) is 12.3 Å². The Bertz CT molecular complexity index is 2290. The van der Waals surface area contributed by atoms with E-state index in [0.29, 0.717) is 6.54 Å². The summed E-state index contributed by atoms with van der Waals surface area (Å²) < 4.78 is 0. The summed E-state index contributed by atoms with van der Waals surface area (Å²) in [6.45, 7) is 0.663. The van der Waals surface area contributed by atoms with Crippen LogP contribution in [0.3, 0.4) is 0 Å². The maximum atomic E-state index is 6.85. The number of nitrogens with two attached hydrogens (primary N) is 1. The van der Waals surface area contributed by atoms with Gasteiger partial charge in [0.25, 0.3) is 0 Å². The second-order valence-corrected chi connectivity index (χ2v) is 11.6. The van der Waals surface area contributed by atoms with Gasteiger partial charge in [-0.15, -0.1) is 0 Å². The molecule has 8 aromatic carbocycles. The van der Waals surface area contributed by atoms with Gasteiger partial charge in [0.2, 0.25) is 0 Å². The van der Waals surface area contributed by atoms with Gasteiger partial charge in [-0.1, -0.05) is 140 Å². The number of fused-ring (bicyclic) bond motifs is 7. The zero-order valence-corrected chi connectivity index (χ0v) is 24.4. The average molecular weight is 568 g/mol. The van der Waals surface area contributed by atoms with E-state index in [1.807, 2.05) is 18.2 Å².